The second kappa shape index (κ2) is 4.17. The summed E-state index contributed by atoms with van der Waals surface area (Å²) < 4.78 is 5.42. The van der Waals surface area contributed by atoms with Gasteiger partial charge in [-0.25, -0.2) is 0 Å². The van der Waals surface area contributed by atoms with Crippen LogP contribution in [0.3, 0.4) is 0 Å². The maximum absolute atomic E-state index is 5.42. The Hall–Kier alpha value is -1.46. The molecule has 1 aliphatic heterocycles. The molecule has 0 atom stereocenters. The minimum Gasteiger partial charge on any atom is -0.493 e. The Morgan fingerprint density at radius 2 is 2.43 bits per heavy atom. The molecule has 0 bridgehead atoms. The lowest BCUT2D eigenvalue weighted by Crippen LogP contribution is -2.04. The number of nitrogens with one attached hydrogen (secondary N) is 1. The summed E-state index contributed by atoms with van der Waals surface area (Å²) in [4.78, 5) is 0. The predicted molar refractivity (Wildman–Crippen MR) is 56.4 cm³/mol. The summed E-state index contributed by atoms with van der Waals surface area (Å²) in [5.41, 5.74) is 2.35. The average Bonchev–Trinajstić information content (AvgIpc) is 2.65. The van der Waals surface area contributed by atoms with E-state index in [2.05, 4.69) is 23.2 Å². The Labute approximate surface area is 84.3 Å². The molecule has 0 aliphatic carbocycles. The van der Waals surface area contributed by atoms with Crippen molar-refractivity contribution in [3.8, 4) is 17.6 Å². The van der Waals surface area contributed by atoms with Crippen LogP contribution in [0.25, 0.3) is 0 Å². The van der Waals surface area contributed by atoms with Gasteiger partial charge in [0.25, 0.3) is 0 Å². The van der Waals surface area contributed by atoms with Crippen molar-refractivity contribution >= 4 is 0 Å². The Balaban J connectivity index is 2.18. The Bertz CT molecular complexity index is 387. The molecule has 2 nitrogen and oxygen atoms in total. The summed E-state index contributed by atoms with van der Waals surface area (Å²) in [5.74, 6) is 7.17. The lowest BCUT2D eigenvalue weighted by Gasteiger charge is -1.97. The number of fused-ring (bicyclic) bond motifs is 1. The van der Waals surface area contributed by atoms with Crippen molar-refractivity contribution in [1.82, 2.24) is 5.32 Å². The molecule has 0 aromatic heterocycles. The van der Waals surface area contributed by atoms with E-state index < -0.39 is 0 Å². The molecular formula is C12H13NO. The highest BCUT2D eigenvalue weighted by molar-refractivity contribution is 5.45. The van der Waals surface area contributed by atoms with E-state index in [0.717, 1.165) is 30.9 Å². The van der Waals surface area contributed by atoms with Crippen molar-refractivity contribution in [2.24, 2.45) is 0 Å². The standard InChI is InChI=1S/C12H13NO/c1-13-7-2-3-10-4-5-12-11(9-10)6-8-14-12/h4-5,9,13H,6-8H2,1H3. The van der Waals surface area contributed by atoms with Gasteiger partial charge >= 0.3 is 0 Å². The summed E-state index contributed by atoms with van der Waals surface area (Å²) in [6.45, 7) is 1.54. The monoisotopic (exact) mass is 187 g/mol. The molecule has 0 saturated heterocycles. The molecule has 2 heteroatoms. The van der Waals surface area contributed by atoms with E-state index in [1.165, 1.54) is 5.56 Å². The lowest BCUT2D eigenvalue weighted by molar-refractivity contribution is 0.357. The number of hydrogen-bond donors (Lipinski definition) is 1. The van der Waals surface area contributed by atoms with Crippen LogP contribution in [-0.2, 0) is 6.42 Å². The first-order valence-corrected chi connectivity index (χ1v) is 4.79. The van der Waals surface area contributed by atoms with E-state index in [4.69, 9.17) is 4.74 Å². The van der Waals surface area contributed by atoms with Gasteiger partial charge in [-0.2, -0.15) is 0 Å². The van der Waals surface area contributed by atoms with Gasteiger partial charge in [0.1, 0.15) is 5.75 Å². The van der Waals surface area contributed by atoms with Crippen molar-refractivity contribution < 1.29 is 4.74 Å². The Kier molecular flexibility index (Phi) is 2.71. The smallest absolute Gasteiger partial charge is 0.122 e. The molecule has 0 saturated carbocycles. The molecule has 1 aromatic rings. The summed E-state index contributed by atoms with van der Waals surface area (Å²) in [5, 5.41) is 2.99. The van der Waals surface area contributed by atoms with Crippen LogP contribution in [0.4, 0.5) is 0 Å². The van der Waals surface area contributed by atoms with Crippen LogP contribution >= 0.6 is 0 Å². The molecule has 72 valence electrons. The highest BCUT2D eigenvalue weighted by Gasteiger charge is 2.10. The summed E-state index contributed by atoms with van der Waals surface area (Å²) in [6.07, 6.45) is 1.01. The quantitative estimate of drug-likeness (QED) is 0.667. The fourth-order valence-corrected chi connectivity index (χ4v) is 1.50. The summed E-state index contributed by atoms with van der Waals surface area (Å²) in [6, 6.07) is 6.13. The van der Waals surface area contributed by atoms with E-state index in [1.807, 2.05) is 19.2 Å². The first-order chi connectivity index (χ1) is 6.90. The van der Waals surface area contributed by atoms with E-state index in [9.17, 15) is 0 Å². The maximum atomic E-state index is 5.42. The molecular weight excluding hydrogens is 174 g/mol. The first-order valence-electron chi connectivity index (χ1n) is 4.79. The minimum atomic E-state index is 0.730. The van der Waals surface area contributed by atoms with Gasteiger partial charge in [-0.05, 0) is 30.8 Å². The van der Waals surface area contributed by atoms with Gasteiger partial charge in [-0.15, -0.1) is 0 Å². The van der Waals surface area contributed by atoms with Crippen LogP contribution in [0.5, 0.6) is 5.75 Å². The van der Waals surface area contributed by atoms with E-state index >= 15 is 0 Å². The Morgan fingerprint density at radius 3 is 3.29 bits per heavy atom. The van der Waals surface area contributed by atoms with Crippen LogP contribution in [0, 0.1) is 11.8 Å². The molecule has 1 aromatic carbocycles. The lowest BCUT2D eigenvalue weighted by atomic mass is 10.1. The van der Waals surface area contributed by atoms with Crippen molar-refractivity contribution in [3.63, 3.8) is 0 Å². The van der Waals surface area contributed by atoms with E-state index in [0.29, 0.717) is 0 Å². The van der Waals surface area contributed by atoms with E-state index in [1.54, 1.807) is 0 Å². The number of ether oxygens (including phenoxy) is 1. The highest BCUT2D eigenvalue weighted by atomic mass is 16.5. The van der Waals surface area contributed by atoms with Crippen molar-refractivity contribution in [2.75, 3.05) is 20.2 Å². The largest absolute Gasteiger partial charge is 0.493 e. The van der Waals surface area contributed by atoms with Crippen LogP contribution in [0.2, 0.25) is 0 Å². The van der Waals surface area contributed by atoms with Crippen molar-refractivity contribution in [2.45, 2.75) is 6.42 Å². The molecule has 0 unspecified atom stereocenters. The second-order valence-electron chi connectivity index (χ2n) is 3.25. The molecule has 1 N–H and O–H groups in total. The fraction of sp³-hybridized carbons (Fsp3) is 0.333. The van der Waals surface area contributed by atoms with Gasteiger partial charge in [0.05, 0.1) is 13.2 Å². The van der Waals surface area contributed by atoms with Crippen molar-refractivity contribution in [3.05, 3.63) is 29.3 Å². The second-order valence-corrected chi connectivity index (χ2v) is 3.25. The predicted octanol–water partition coefficient (Wildman–Crippen LogP) is 1.19. The molecule has 14 heavy (non-hydrogen) atoms. The van der Waals surface area contributed by atoms with Gasteiger partial charge in [0.2, 0.25) is 0 Å². The molecule has 0 fully saturated rings. The minimum absolute atomic E-state index is 0.730. The van der Waals surface area contributed by atoms with Gasteiger partial charge in [-0.1, -0.05) is 11.8 Å². The molecule has 1 heterocycles. The Morgan fingerprint density at radius 1 is 1.50 bits per heavy atom. The van der Waals surface area contributed by atoms with Crippen LogP contribution in [0.15, 0.2) is 18.2 Å². The third kappa shape index (κ3) is 1.89. The topological polar surface area (TPSA) is 21.3 Å². The fourth-order valence-electron chi connectivity index (χ4n) is 1.50. The molecule has 1 aliphatic rings. The third-order valence-corrected chi connectivity index (χ3v) is 2.19. The van der Waals surface area contributed by atoms with Crippen molar-refractivity contribution in [1.29, 1.82) is 0 Å². The summed E-state index contributed by atoms with van der Waals surface area (Å²) in [7, 11) is 1.89. The molecule has 2 rings (SSSR count). The number of benzene rings is 1. The number of hydrogen-bond acceptors (Lipinski definition) is 2. The zero-order valence-corrected chi connectivity index (χ0v) is 8.26. The molecule has 0 spiro atoms. The number of rotatable bonds is 1. The maximum Gasteiger partial charge on any atom is 0.122 e. The van der Waals surface area contributed by atoms with E-state index in [-0.39, 0.29) is 0 Å². The van der Waals surface area contributed by atoms with Gasteiger partial charge in [-0.3, -0.25) is 0 Å². The molecule has 0 radical (unpaired) electrons. The van der Waals surface area contributed by atoms with Gasteiger partial charge in [0.15, 0.2) is 0 Å². The van der Waals surface area contributed by atoms with Gasteiger partial charge < -0.3 is 10.1 Å². The zero-order chi connectivity index (χ0) is 9.80. The SMILES string of the molecule is CNCC#Cc1ccc2c(c1)CCO2. The first kappa shape index (κ1) is 9.11. The molecule has 0 amide bonds. The zero-order valence-electron chi connectivity index (χ0n) is 8.26. The third-order valence-electron chi connectivity index (χ3n) is 2.19. The van der Waals surface area contributed by atoms with Gasteiger partial charge in [0, 0.05) is 12.0 Å². The highest BCUT2D eigenvalue weighted by Crippen LogP contribution is 2.25. The normalized spacial score (nSPS) is 12.6. The summed E-state index contributed by atoms with van der Waals surface area (Å²) >= 11 is 0. The van der Waals surface area contributed by atoms with Crippen LogP contribution in [-0.4, -0.2) is 20.2 Å². The average molecular weight is 187 g/mol. The van der Waals surface area contributed by atoms with Crippen LogP contribution in [0.1, 0.15) is 11.1 Å². The van der Waals surface area contributed by atoms with Crippen LogP contribution < -0.4 is 10.1 Å².